The van der Waals surface area contributed by atoms with Crippen molar-refractivity contribution in [3.05, 3.63) is 11.8 Å². The zero-order valence-corrected chi connectivity index (χ0v) is 13.3. The Morgan fingerprint density at radius 3 is 2.48 bits per heavy atom. The van der Waals surface area contributed by atoms with E-state index in [1.807, 2.05) is 0 Å². The fourth-order valence-corrected chi connectivity index (χ4v) is 5.02. The van der Waals surface area contributed by atoms with Crippen molar-refractivity contribution in [3.8, 4) is 0 Å². The molecule has 0 aliphatic carbocycles. The molecule has 116 valence electrons. The molecule has 0 saturated carbocycles. The van der Waals surface area contributed by atoms with Crippen LogP contribution in [-0.4, -0.2) is 46.2 Å². The normalized spacial score (nSPS) is 26.6. The summed E-state index contributed by atoms with van der Waals surface area (Å²) in [7, 11) is 0. The minimum atomic E-state index is -0.738. The fourth-order valence-electron chi connectivity index (χ4n) is 1.99. The Morgan fingerprint density at radius 1 is 1.24 bits per heavy atom. The van der Waals surface area contributed by atoms with E-state index in [9.17, 15) is 14.4 Å². The van der Waals surface area contributed by atoms with Crippen LogP contribution in [-0.2, 0) is 28.6 Å². The molecule has 0 amide bonds. The molecule has 2 aliphatic heterocycles. The lowest BCUT2D eigenvalue weighted by molar-refractivity contribution is -0.167. The highest BCUT2D eigenvalue weighted by molar-refractivity contribution is 8.17. The first-order valence-corrected chi connectivity index (χ1v) is 8.59. The molecule has 0 N–H and O–H groups in total. The summed E-state index contributed by atoms with van der Waals surface area (Å²) in [5.41, 5.74) is 0. The highest BCUT2D eigenvalue weighted by Crippen LogP contribution is 2.38. The van der Waals surface area contributed by atoms with Crippen LogP contribution in [0, 0.1) is 0 Å². The molecule has 0 spiro atoms. The molecule has 21 heavy (non-hydrogen) atoms. The van der Waals surface area contributed by atoms with E-state index in [0.29, 0.717) is 0 Å². The van der Waals surface area contributed by atoms with Crippen molar-refractivity contribution in [1.82, 2.24) is 0 Å². The SMILES string of the molecule is CC(=O)OC1=CC(OC(C)=O)C(C2SCCCS2)OC1=O. The van der Waals surface area contributed by atoms with Crippen molar-refractivity contribution in [3.63, 3.8) is 0 Å². The van der Waals surface area contributed by atoms with Crippen LogP contribution in [0.5, 0.6) is 0 Å². The number of esters is 3. The van der Waals surface area contributed by atoms with Crippen LogP contribution < -0.4 is 0 Å². The molecular formula is C13H16O6S2. The number of thioether (sulfide) groups is 2. The van der Waals surface area contributed by atoms with Crippen LogP contribution >= 0.6 is 23.5 Å². The van der Waals surface area contributed by atoms with Gasteiger partial charge in [0.05, 0.1) is 4.58 Å². The molecule has 2 atom stereocenters. The minimum absolute atomic E-state index is 0.00202. The van der Waals surface area contributed by atoms with Gasteiger partial charge in [0.2, 0.25) is 5.76 Å². The van der Waals surface area contributed by atoms with E-state index in [4.69, 9.17) is 14.2 Å². The summed E-state index contributed by atoms with van der Waals surface area (Å²) < 4.78 is 15.4. The summed E-state index contributed by atoms with van der Waals surface area (Å²) in [6.07, 6.45) is 1.14. The summed E-state index contributed by atoms with van der Waals surface area (Å²) in [6.45, 7) is 2.47. The Kier molecular flexibility index (Phi) is 5.58. The van der Waals surface area contributed by atoms with Crippen LogP contribution in [0.15, 0.2) is 11.8 Å². The van der Waals surface area contributed by atoms with Gasteiger partial charge in [-0.15, -0.1) is 23.5 Å². The van der Waals surface area contributed by atoms with Gasteiger partial charge in [0.15, 0.2) is 12.2 Å². The number of ether oxygens (including phenoxy) is 3. The average molecular weight is 332 g/mol. The topological polar surface area (TPSA) is 78.9 Å². The van der Waals surface area contributed by atoms with Crippen LogP contribution in [0.3, 0.4) is 0 Å². The average Bonchev–Trinajstić information content (AvgIpc) is 2.42. The zero-order valence-electron chi connectivity index (χ0n) is 11.7. The van der Waals surface area contributed by atoms with E-state index >= 15 is 0 Å². The predicted octanol–water partition coefficient (Wildman–Crippen LogP) is 1.49. The third-order valence-electron chi connectivity index (χ3n) is 2.76. The van der Waals surface area contributed by atoms with Crippen molar-refractivity contribution in [2.45, 2.75) is 37.1 Å². The second-order valence-corrected chi connectivity index (χ2v) is 7.33. The van der Waals surface area contributed by atoms with Gasteiger partial charge in [0, 0.05) is 19.9 Å². The monoisotopic (exact) mass is 332 g/mol. The Morgan fingerprint density at radius 2 is 1.90 bits per heavy atom. The van der Waals surface area contributed by atoms with Gasteiger partial charge in [0.1, 0.15) is 0 Å². The lowest BCUT2D eigenvalue weighted by atomic mass is 10.1. The van der Waals surface area contributed by atoms with E-state index in [2.05, 4.69) is 0 Å². The first kappa shape index (κ1) is 16.2. The molecule has 0 aromatic carbocycles. The summed E-state index contributed by atoms with van der Waals surface area (Å²) in [5.74, 6) is -0.0917. The highest BCUT2D eigenvalue weighted by atomic mass is 32.2. The van der Waals surface area contributed by atoms with E-state index in [-0.39, 0.29) is 10.3 Å². The number of rotatable bonds is 3. The smallest absolute Gasteiger partial charge is 0.374 e. The molecule has 2 unspecified atom stereocenters. The highest BCUT2D eigenvalue weighted by Gasteiger charge is 2.41. The van der Waals surface area contributed by atoms with Crippen molar-refractivity contribution in [2.24, 2.45) is 0 Å². The van der Waals surface area contributed by atoms with Gasteiger partial charge in [-0.25, -0.2) is 4.79 Å². The maximum absolute atomic E-state index is 11.9. The number of carbonyl (C=O) groups is 3. The maximum atomic E-state index is 11.9. The summed E-state index contributed by atoms with van der Waals surface area (Å²) in [6, 6.07) is 0. The molecule has 1 fully saturated rings. The fraction of sp³-hybridized carbons (Fsp3) is 0.615. The van der Waals surface area contributed by atoms with Crippen LogP contribution in [0.4, 0.5) is 0 Å². The molecule has 0 aromatic rings. The lowest BCUT2D eigenvalue weighted by Crippen LogP contribution is -2.44. The summed E-state index contributed by atoms with van der Waals surface area (Å²) in [4.78, 5) is 34.1. The maximum Gasteiger partial charge on any atom is 0.374 e. The number of hydrogen-bond acceptors (Lipinski definition) is 8. The summed E-state index contributed by atoms with van der Waals surface area (Å²) >= 11 is 3.35. The molecule has 0 bridgehead atoms. The second kappa shape index (κ2) is 7.22. The van der Waals surface area contributed by atoms with Gasteiger partial charge in [-0.3, -0.25) is 9.59 Å². The zero-order chi connectivity index (χ0) is 15.4. The lowest BCUT2D eigenvalue weighted by Gasteiger charge is -2.35. The molecule has 0 radical (unpaired) electrons. The standard InChI is InChI=1S/C13H16O6S2/c1-7(14)17-9-6-10(18-8(2)15)12(16)19-11(9)13-20-4-3-5-21-13/h6,9,11,13H,3-5H2,1-2H3. The van der Waals surface area contributed by atoms with Gasteiger partial charge in [-0.1, -0.05) is 0 Å². The Labute approximate surface area is 130 Å². The van der Waals surface area contributed by atoms with Crippen LogP contribution in [0.25, 0.3) is 0 Å². The molecule has 2 rings (SSSR count). The second-order valence-electron chi connectivity index (χ2n) is 4.53. The third kappa shape index (κ3) is 4.41. The van der Waals surface area contributed by atoms with Crippen LogP contribution in [0.1, 0.15) is 20.3 Å². The molecular weight excluding hydrogens is 316 g/mol. The molecule has 8 heteroatoms. The summed E-state index contributed by atoms with van der Waals surface area (Å²) in [5, 5.41) is 0. The van der Waals surface area contributed by atoms with Crippen LogP contribution in [0.2, 0.25) is 0 Å². The number of hydrogen-bond donors (Lipinski definition) is 0. The van der Waals surface area contributed by atoms with E-state index in [0.717, 1.165) is 17.9 Å². The van der Waals surface area contributed by atoms with Gasteiger partial charge in [-0.2, -0.15) is 0 Å². The first-order valence-electron chi connectivity index (χ1n) is 6.49. The third-order valence-corrected chi connectivity index (χ3v) is 5.82. The van der Waals surface area contributed by atoms with Crippen molar-refractivity contribution in [2.75, 3.05) is 11.5 Å². The quantitative estimate of drug-likeness (QED) is 0.568. The minimum Gasteiger partial charge on any atom is -0.454 e. The molecule has 1 saturated heterocycles. The largest absolute Gasteiger partial charge is 0.454 e. The molecule has 0 aromatic heterocycles. The van der Waals surface area contributed by atoms with Crippen molar-refractivity contribution >= 4 is 41.4 Å². The number of carbonyl (C=O) groups excluding carboxylic acids is 3. The Balaban J connectivity index is 2.19. The Hall–Kier alpha value is -1.15. The van der Waals surface area contributed by atoms with Gasteiger partial charge in [0.25, 0.3) is 0 Å². The van der Waals surface area contributed by atoms with Crippen molar-refractivity contribution < 1.29 is 28.6 Å². The van der Waals surface area contributed by atoms with E-state index < -0.39 is 30.1 Å². The molecule has 2 aliphatic rings. The predicted molar refractivity (Wildman–Crippen MR) is 78.6 cm³/mol. The molecule has 6 nitrogen and oxygen atoms in total. The first-order chi connectivity index (χ1) is 9.97. The van der Waals surface area contributed by atoms with Crippen molar-refractivity contribution in [1.29, 1.82) is 0 Å². The van der Waals surface area contributed by atoms with Gasteiger partial charge < -0.3 is 14.2 Å². The van der Waals surface area contributed by atoms with E-state index in [1.54, 1.807) is 23.5 Å². The Bertz CT molecular complexity index is 469. The number of cyclic esters (lactones) is 1. The van der Waals surface area contributed by atoms with Gasteiger partial charge in [-0.05, 0) is 17.9 Å². The van der Waals surface area contributed by atoms with Gasteiger partial charge >= 0.3 is 17.9 Å². The molecule has 2 heterocycles. The van der Waals surface area contributed by atoms with E-state index in [1.165, 1.54) is 19.9 Å².